The van der Waals surface area contributed by atoms with Gasteiger partial charge in [0.25, 0.3) is 0 Å². The van der Waals surface area contributed by atoms with Crippen molar-refractivity contribution in [2.75, 3.05) is 6.61 Å². The van der Waals surface area contributed by atoms with Crippen LogP contribution in [0, 0.1) is 0 Å². The molecule has 0 aliphatic rings. The summed E-state index contributed by atoms with van der Waals surface area (Å²) in [5, 5.41) is 23.0. The number of hydrogen-bond acceptors (Lipinski definition) is 3. The molecule has 0 aliphatic heterocycles. The van der Waals surface area contributed by atoms with Gasteiger partial charge in [-0.15, -0.1) is 0 Å². The maximum absolute atomic E-state index is 12.4. The van der Waals surface area contributed by atoms with Crippen molar-refractivity contribution in [2.24, 2.45) is 0 Å². The van der Waals surface area contributed by atoms with Crippen LogP contribution in [0.1, 0.15) is 251 Å². The summed E-state index contributed by atoms with van der Waals surface area (Å²) in [7, 11) is 0. The third-order valence-corrected chi connectivity index (χ3v) is 11.0. The first-order chi connectivity index (χ1) is 27.2. The summed E-state index contributed by atoms with van der Waals surface area (Å²) in [5.74, 6) is -0.0870. The fourth-order valence-electron chi connectivity index (χ4n) is 7.28. The molecule has 0 aromatic carbocycles. The predicted molar refractivity (Wildman–Crippen MR) is 244 cm³/mol. The molecule has 2 atom stereocenters. The van der Waals surface area contributed by atoms with Gasteiger partial charge in [-0.25, -0.2) is 0 Å². The van der Waals surface area contributed by atoms with E-state index in [4.69, 9.17) is 0 Å². The number of hydrogen-bond donors (Lipinski definition) is 3. The molecule has 2 unspecified atom stereocenters. The summed E-state index contributed by atoms with van der Waals surface area (Å²) in [4.78, 5) is 12.4. The number of allylic oxidation sites excluding steroid dienone is 7. The van der Waals surface area contributed by atoms with E-state index in [0.717, 1.165) is 51.4 Å². The molecule has 55 heavy (non-hydrogen) atoms. The number of nitrogens with one attached hydrogen (secondary N) is 1. The first-order valence-corrected chi connectivity index (χ1v) is 24.4. The molecule has 0 fully saturated rings. The van der Waals surface area contributed by atoms with E-state index >= 15 is 0 Å². The molecule has 4 nitrogen and oxygen atoms in total. The lowest BCUT2D eigenvalue weighted by Gasteiger charge is -2.19. The highest BCUT2D eigenvalue weighted by molar-refractivity contribution is 5.76. The Kier molecular flexibility index (Phi) is 45.3. The first-order valence-electron chi connectivity index (χ1n) is 24.4. The topological polar surface area (TPSA) is 69.6 Å². The van der Waals surface area contributed by atoms with Gasteiger partial charge < -0.3 is 15.5 Å². The molecular weight excluding hydrogens is 675 g/mol. The van der Waals surface area contributed by atoms with Gasteiger partial charge in [0.05, 0.1) is 18.8 Å². The summed E-state index contributed by atoms with van der Waals surface area (Å²) >= 11 is 0. The van der Waals surface area contributed by atoms with Crippen molar-refractivity contribution in [3.8, 4) is 0 Å². The smallest absolute Gasteiger partial charge is 0.220 e. The van der Waals surface area contributed by atoms with Crippen molar-refractivity contribution in [3.05, 3.63) is 48.6 Å². The molecule has 4 heteroatoms. The van der Waals surface area contributed by atoms with Gasteiger partial charge in [0.1, 0.15) is 0 Å². The molecule has 0 aromatic rings. The largest absolute Gasteiger partial charge is 0.394 e. The molecule has 0 aromatic heterocycles. The van der Waals surface area contributed by atoms with E-state index in [9.17, 15) is 15.0 Å². The van der Waals surface area contributed by atoms with Crippen LogP contribution in [0.5, 0.6) is 0 Å². The number of aliphatic hydroxyl groups is 2. The molecule has 1 amide bonds. The molecule has 0 spiro atoms. The quantitative estimate of drug-likeness (QED) is 0.0427. The lowest BCUT2D eigenvalue weighted by atomic mass is 10.0. The fourth-order valence-corrected chi connectivity index (χ4v) is 7.28. The second-order valence-electron chi connectivity index (χ2n) is 16.5. The van der Waals surface area contributed by atoms with Crippen LogP contribution in [0.3, 0.4) is 0 Å². The number of amides is 1. The summed E-state index contributed by atoms with van der Waals surface area (Å²) in [6.45, 7) is 4.28. The number of carbonyl (C=O) groups excluding carboxylic acids is 1. The Labute approximate surface area is 344 Å². The summed E-state index contributed by atoms with van der Waals surface area (Å²) in [6.07, 6.45) is 63.9. The lowest BCUT2D eigenvalue weighted by Crippen LogP contribution is -2.45. The maximum atomic E-state index is 12.4. The van der Waals surface area contributed by atoms with Crippen molar-refractivity contribution in [1.29, 1.82) is 0 Å². The normalized spacial score (nSPS) is 13.3. The van der Waals surface area contributed by atoms with Gasteiger partial charge in [0.2, 0.25) is 5.91 Å². The van der Waals surface area contributed by atoms with E-state index in [1.807, 2.05) is 6.08 Å². The molecule has 0 rings (SSSR count). The van der Waals surface area contributed by atoms with Crippen LogP contribution < -0.4 is 5.32 Å². The van der Waals surface area contributed by atoms with Crippen molar-refractivity contribution >= 4 is 5.91 Å². The zero-order valence-corrected chi connectivity index (χ0v) is 36.9. The van der Waals surface area contributed by atoms with E-state index in [2.05, 4.69) is 55.6 Å². The van der Waals surface area contributed by atoms with E-state index < -0.39 is 12.1 Å². The van der Waals surface area contributed by atoms with Crippen molar-refractivity contribution in [3.63, 3.8) is 0 Å². The predicted octanol–water partition coefficient (Wildman–Crippen LogP) is 15.5. The zero-order valence-electron chi connectivity index (χ0n) is 36.9. The lowest BCUT2D eigenvalue weighted by molar-refractivity contribution is -0.123. The highest BCUT2D eigenvalue weighted by Gasteiger charge is 2.17. The van der Waals surface area contributed by atoms with Gasteiger partial charge in [-0.05, 0) is 64.2 Å². The molecule has 0 radical (unpaired) electrons. The van der Waals surface area contributed by atoms with Crippen LogP contribution in [-0.4, -0.2) is 34.9 Å². The van der Waals surface area contributed by atoms with Crippen molar-refractivity contribution in [2.45, 2.75) is 264 Å². The minimum Gasteiger partial charge on any atom is -0.394 e. The van der Waals surface area contributed by atoms with Crippen molar-refractivity contribution in [1.82, 2.24) is 5.32 Å². The van der Waals surface area contributed by atoms with Crippen LogP contribution in [0.15, 0.2) is 48.6 Å². The summed E-state index contributed by atoms with van der Waals surface area (Å²) in [6, 6.07) is -0.647. The second kappa shape index (κ2) is 46.7. The van der Waals surface area contributed by atoms with Gasteiger partial charge in [0.15, 0.2) is 0 Å². The van der Waals surface area contributed by atoms with Crippen LogP contribution >= 0.6 is 0 Å². The molecular formula is C51H95NO3. The molecule has 3 N–H and O–H groups in total. The van der Waals surface area contributed by atoms with Crippen LogP contribution in [0.25, 0.3) is 0 Å². The molecule has 0 aliphatic carbocycles. The molecule has 0 saturated carbocycles. The standard InChI is InChI=1S/C51H95NO3/c1-3-5-7-9-11-13-15-17-19-21-22-23-24-25-26-27-28-29-30-31-32-34-36-38-40-42-44-46-50(54)49(48-53)52-51(55)47-45-43-41-39-37-35-33-20-18-16-14-12-10-8-6-4-2/h14,16,20,33,36,38,44,46,49-50,53-54H,3-13,15,17-19,21-32,34-35,37,39-43,45,47-48H2,1-2H3,(H,52,55)/b16-14-,33-20-,38-36+,46-44+. The van der Waals surface area contributed by atoms with Gasteiger partial charge in [-0.3, -0.25) is 4.79 Å². The Hall–Kier alpha value is -1.65. The molecule has 0 heterocycles. The minimum absolute atomic E-state index is 0.0870. The summed E-state index contributed by atoms with van der Waals surface area (Å²) < 4.78 is 0. The summed E-state index contributed by atoms with van der Waals surface area (Å²) in [5.41, 5.74) is 0. The highest BCUT2D eigenvalue weighted by Crippen LogP contribution is 2.16. The third-order valence-electron chi connectivity index (χ3n) is 11.0. The Morgan fingerprint density at radius 1 is 0.436 bits per heavy atom. The van der Waals surface area contributed by atoms with E-state index in [-0.39, 0.29) is 12.5 Å². The van der Waals surface area contributed by atoms with Crippen LogP contribution in [-0.2, 0) is 4.79 Å². The van der Waals surface area contributed by atoms with Crippen molar-refractivity contribution < 1.29 is 15.0 Å². The van der Waals surface area contributed by atoms with Gasteiger partial charge in [0, 0.05) is 6.42 Å². The third kappa shape index (κ3) is 43.3. The van der Waals surface area contributed by atoms with E-state index in [1.165, 1.54) is 180 Å². The molecule has 0 bridgehead atoms. The Bertz CT molecular complexity index is 877. The van der Waals surface area contributed by atoms with Crippen LogP contribution in [0.2, 0.25) is 0 Å². The van der Waals surface area contributed by atoms with Gasteiger partial charge in [-0.2, -0.15) is 0 Å². The molecule has 0 saturated heterocycles. The number of carbonyl (C=O) groups is 1. The van der Waals surface area contributed by atoms with Crippen LogP contribution in [0.4, 0.5) is 0 Å². The highest BCUT2D eigenvalue weighted by atomic mass is 16.3. The number of unbranched alkanes of at least 4 members (excludes halogenated alkanes) is 31. The Morgan fingerprint density at radius 3 is 1.18 bits per heavy atom. The van der Waals surface area contributed by atoms with E-state index in [1.54, 1.807) is 6.08 Å². The zero-order chi connectivity index (χ0) is 40.0. The number of aliphatic hydroxyl groups excluding tert-OH is 2. The van der Waals surface area contributed by atoms with Gasteiger partial charge in [-0.1, -0.05) is 229 Å². The second-order valence-corrected chi connectivity index (χ2v) is 16.5. The average molecular weight is 770 g/mol. The minimum atomic E-state index is -0.869. The Balaban J connectivity index is 3.57. The monoisotopic (exact) mass is 770 g/mol. The van der Waals surface area contributed by atoms with Gasteiger partial charge >= 0.3 is 0 Å². The first kappa shape index (κ1) is 53.4. The average Bonchev–Trinajstić information content (AvgIpc) is 3.19. The SMILES string of the molecule is CCCCCC/C=C\C/C=C\CCCCCCCC(=O)NC(CO)C(O)/C=C/CC/C=C/CCCCCCCCCCCCCCCCCCCCCCC. The number of rotatable bonds is 44. The fraction of sp³-hybridized carbons (Fsp3) is 0.824. The molecule has 322 valence electrons. The maximum Gasteiger partial charge on any atom is 0.220 e. The Morgan fingerprint density at radius 2 is 0.764 bits per heavy atom. The van der Waals surface area contributed by atoms with E-state index in [0.29, 0.717) is 6.42 Å².